The number of hydrogen-bond donors (Lipinski definition) is 2. The third-order valence-corrected chi connectivity index (χ3v) is 12.8. The molecule has 56 heavy (non-hydrogen) atoms. The Hall–Kier alpha value is -4.00. The standard InChI is InChI=1S/C25H44N4O5.C16H24N2O4/c1-14(30)28(10)13-16(23(2,3)4)26-22(33)27-19(24(5,6)7)20(31)29-12-15-17(25(15,8)9)18(29)21(32)34-11;1-15(2,3)12(17-8-19)13(20)18-7-9-10(16(9,4)5)11(18)14(21)22-6/h15-19H,12-13H2,1-11H3,(H2,26,27,33);9-12H,7H2,1-6H3/t15-,16+,17-,18-,19+;9-,10-,11-,12+/m00/s1. The molecular formula is C41H68N6O9. The molecule has 9 atom stereocenters. The first-order valence-electron chi connectivity index (χ1n) is 19.5. The first kappa shape index (κ1) is 46.4. The predicted molar refractivity (Wildman–Crippen MR) is 209 cm³/mol. The number of methoxy groups -OCH3 is 2. The minimum atomic E-state index is -0.841. The highest BCUT2D eigenvalue weighted by molar-refractivity contribution is 5.92. The molecule has 4 aliphatic rings. The lowest BCUT2D eigenvalue weighted by Gasteiger charge is -2.38. The van der Waals surface area contributed by atoms with Crippen molar-refractivity contribution in [1.29, 1.82) is 0 Å². The Morgan fingerprint density at radius 2 is 1.18 bits per heavy atom. The molecule has 0 aromatic heterocycles. The highest BCUT2D eigenvalue weighted by Crippen LogP contribution is 2.66. The maximum atomic E-state index is 13.7. The van der Waals surface area contributed by atoms with Crippen LogP contribution in [0.2, 0.25) is 0 Å². The lowest BCUT2D eigenvalue weighted by molar-refractivity contribution is -0.154. The van der Waals surface area contributed by atoms with Gasteiger partial charge in [-0.15, -0.1) is 0 Å². The lowest BCUT2D eigenvalue weighted by atomic mass is 9.85. The number of fused-ring (bicyclic) bond motifs is 2. The Morgan fingerprint density at radius 3 is 1.52 bits per heavy atom. The predicted octanol–water partition coefficient (Wildman–Crippen LogP) is 3.64. The summed E-state index contributed by atoms with van der Waals surface area (Å²) < 4.78 is 9.92. The summed E-state index contributed by atoms with van der Waals surface area (Å²) in [5.41, 5.74) is -1.40. The molecule has 0 radical (unpaired) electrons. The highest BCUT2D eigenvalue weighted by atomic mass is 16.5. The molecule has 4 rings (SSSR count). The van der Waals surface area contributed by atoms with Crippen molar-refractivity contribution in [2.75, 3.05) is 40.9 Å². The van der Waals surface area contributed by atoms with Gasteiger partial charge in [0, 0.05) is 45.4 Å². The van der Waals surface area contributed by atoms with Crippen molar-refractivity contribution in [2.24, 2.45) is 55.7 Å². The third-order valence-electron chi connectivity index (χ3n) is 12.8. The Bertz CT molecular complexity index is 1600. The minimum Gasteiger partial charge on any atom is -0.467 e. The first-order chi connectivity index (χ1) is 25.4. The van der Waals surface area contributed by atoms with E-state index in [0.717, 1.165) is 0 Å². The topological polar surface area (TPSA) is 184 Å². The van der Waals surface area contributed by atoms with Crippen LogP contribution >= 0.6 is 0 Å². The maximum Gasteiger partial charge on any atom is 0.328 e. The number of nitrogens with one attached hydrogen (secondary N) is 2. The summed E-state index contributed by atoms with van der Waals surface area (Å²) in [6.45, 7) is 28.3. The van der Waals surface area contributed by atoms with Gasteiger partial charge >= 0.3 is 18.0 Å². The number of likely N-dealkylation sites (N-methyl/N-ethyl adjacent to an activating group) is 1. The number of carbonyl (C=O) groups excluding carboxylic acids is 7. The van der Waals surface area contributed by atoms with E-state index in [9.17, 15) is 33.6 Å². The summed E-state index contributed by atoms with van der Waals surface area (Å²) >= 11 is 0. The summed E-state index contributed by atoms with van der Waals surface area (Å²) in [7, 11) is 4.36. The quantitative estimate of drug-likeness (QED) is 0.200. The summed E-state index contributed by atoms with van der Waals surface area (Å²) in [6, 6.07) is -3.71. The van der Waals surface area contributed by atoms with Gasteiger partial charge in [-0.25, -0.2) is 19.2 Å². The van der Waals surface area contributed by atoms with E-state index in [4.69, 9.17) is 9.47 Å². The molecule has 2 aliphatic carbocycles. The van der Waals surface area contributed by atoms with Gasteiger partial charge in [0.2, 0.25) is 23.8 Å². The molecule has 15 nitrogen and oxygen atoms in total. The minimum absolute atomic E-state index is 0.0136. The Labute approximate surface area is 333 Å². The van der Waals surface area contributed by atoms with Gasteiger partial charge in [-0.2, -0.15) is 4.99 Å². The molecule has 2 saturated heterocycles. The molecule has 0 aromatic rings. The van der Waals surface area contributed by atoms with Crippen LogP contribution in [-0.4, -0.2) is 128 Å². The summed E-state index contributed by atoms with van der Waals surface area (Å²) in [4.78, 5) is 95.2. The van der Waals surface area contributed by atoms with Crippen molar-refractivity contribution >= 4 is 41.8 Å². The molecule has 2 heterocycles. The monoisotopic (exact) mass is 789 g/mol. The third kappa shape index (κ3) is 9.40. The van der Waals surface area contributed by atoms with E-state index < -0.39 is 53.0 Å². The van der Waals surface area contributed by atoms with Crippen molar-refractivity contribution in [3.8, 4) is 0 Å². The largest absolute Gasteiger partial charge is 0.467 e. The number of isocyanates is 1. The zero-order chi connectivity index (χ0) is 43.3. The van der Waals surface area contributed by atoms with Gasteiger partial charge in [-0.05, 0) is 38.9 Å². The van der Waals surface area contributed by atoms with Crippen molar-refractivity contribution in [3.63, 3.8) is 0 Å². The van der Waals surface area contributed by atoms with Crippen molar-refractivity contribution < 1.29 is 43.0 Å². The van der Waals surface area contributed by atoms with E-state index in [1.54, 1.807) is 21.7 Å². The highest BCUT2D eigenvalue weighted by Gasteiger charge is 2.71. The number of ether oxygens (including phenoxy) is 2. The van der Waals surface area contributed by atoms with Crippen LogP contribution in [0.15, 0.2) is 4.99 Å². The Balaban J connectivity index is 0.000000329. The van der Waals surface area contributed by atoms with Crippen LogP contribution < -0.4 is 10.6 Å². The van der Waals surface area contributed by atoms with E-state index in [0.29, 0.717) is 25.6 Å². The van der Waals surface area contributed by atoms with E-state index in [1.165, 1.54) is 27.2 Å². The fourth-order valence-corrected chi connectivity index (χ4v) is 8.72. The van der Waals surface area contributed by atoms with Crippen molar-refractivity contribution in [3.05, 3.63) is 0 Å². The second-order valence-corrected chi connectivity index (χ2v) is 20.5. The number of carbonyl (C=O) groups is 6. The molecule has 0 spiro atoms. The normalized spacial score (nSPS) is 27.0. The number of nitrogens with zero attached hydrogens (tertiary/aromatic N) is 4. The second-order valence-electron chi connectivity index (χ2n) is 20.5. The number of amides is 5. The fraction of sp³-hybridized carbons (Fsp3) is 0.829. The molecule has 15 heteroatoms. The molecule has 5 amide bonds. The van der Waals surface area contributed by atoms with Crippen LogP contribution in [0.3, 0.4) is 0 Å². The van der Waals surface area contributed by atoms with Crippen LogP contribution in [0.1, 0.15) is 96.9 Å². The summed E-state index contributed by atoms with van der Waals surface area (Å²) in [6.07, 6.45) is 1.49. The van der Waals surface area contributed by atoms with Gasteiger partial charge in [0.1, 0.15) is 24.2 Å². The van der Waals surface area contributed by atoms with Crippen molar-refractivity contribution in [1.82, 2.24) is 25.3 Å². The number of rotatable bonds is 9. The Kier molecular flexibility index (Phi) is 13.3. The van der Waals surface area contributed by atoms with Crippen LogP contribution in [0.25, 0.3) is 0 Å². The maximum absolute atomic E-state index is 13.7. The van der Waals surface area contributed by atoms with Gasteiger partial charge in [-0.3, -0.25) is 14.4 Å². The van der Waals surface area contributed by atoms with E-state index >= 15 is 0 Å². The zero-order valence-electron chi connectivity index (χ0n) is 36.8. The number of urea groups is 1. The second kappa shape index (κ2) is 16.1. The van der Waals surface area contributed by atoms with Crippen molar-refractivity contribution in [2.45, 2.75) is 127 Å². The number of hydrogen-bond acceptors (Lipinski definition) is 10. The van der Waals surface area contributed by atoms with Gasteiger partial charge in [0.15, 0.2) is 0 Å². The molecule has 0 aromatic carbocycles. The van der Waals surface area contributed by atoms with Crippen LogP contribution in [0.5, 0.6) is 0 Å². The zero-order valence-corrected chi connectivity index (χ0v) is 36.8. The number of likely N-dealkylation sites (tertiary alicyclic amines) is 2. The summed E-state index contributed by atoms with van der Waals surface area (Å²) in [5.74, 6) is -0.774. The average molecular weight is 789 g/mol. The van der Waals surface area contributed by atoms with Crippen LogP contribution in [0.4, 0.5) is 4.79 Å². The number of aliphatic imine (C=N–C) groups is 1. The SMILES string of the molecule is COC(=O)[C@@H]1[C@@H]2[C@H](CN1C(=O)[C@@H](N=C=O)C(C)(C)C)C2(C)C.COC(=O)[C@@H]1[C@@H]2[C@H](CN1C(=O)[C@@H](NC(=O)N[C@H](CN(C)C(C)=O)C(C)(C)C)C(C)(C)C)C2(C)C. The van der Waals surface area contributed by atoms with Crippen LogP contribution in [-0.2, 0) is 38.2 Å². The average Bonchev–Trinajstić information content (AvgIpc) is 3.53. The molecule has 2 N–H and O–H groups in total. The van der Waals surface area contributed by atoms with Gasteiger partial charge in [-0.1, -0.05) is 90.0 Å². The lowest BCUT2D eigenvalue weighted by Crippen LogP contribution is -2.61. The molecule has 0 bridgehead atoms. The van der Waals surface area contributed by atoms with Crippen LogP contribution in [0, 0.1) is 50.7 Å². The fourth-order valence-electron chi connectivity index (χ4n) is 8.72. The molecule has 0 unspecified atom stereocenters. The van der Waals surface area contributed by atoms with E-state index in [2.05, 4.69) is 43.3 Å². The summed E-state index contributed by atoms with van der Waals surface area (Å²) in [5, 5.41) is 5.83. The molecular weight excluding hydrogens is 720 g/mol. The van der Waals surface area contributed by atoms with Gasteiger partial charge < -0.3 is 34.8 Å². The number of piperidine rings is 2. The Morgan fingerprint density at radius 1 is 0.750 bits per heavy atom. The van der Waals surface area contributed by atoms with E-state index in [1.807, 2.05) is 62.3 Å². The molecule has 4 fully saturated rings. The van der Waals surface area contributed by atoms with Gasteiger partial charge in [0.25, 0.3) is 0 Å². The van der Waals surface area contributed by atoms with Gasteiger partial charge in [0.05, 0.1) is 20.3 Å². The number of esters is 2. The molecule has 2 aliphatic heterocycles. The van der Waals surface area contributed by atoms with E-state index in [-0.39, 0.29) is 57.8 Å². The smallest absolute Gasteiger partial charge is 0.328 e. The molecule has 2 saturated carbocycles. The molecule has 316 valence electrons. The first-order valence-corrected chi connectivity index (χ1v) is 19.5.